The molecule has 2 aromatic rings. The lowest BCUT2D eigenvalue weighted by atomic mass is 10.1. The number of rotatable bonds is 4. The van der Waals surface area contributed by atoms with Gasteiger partial charge in [0.2, 0.25) is 0 Å². The number of benzene rings is 1. The fourth-order valence-electron chi connectivity index (χ4n) is 2.71. The van der Waals surface area contributed by atoms with E-state index in [1.54, 1.807) is 0 Å². The number of aryl methyl sites for hydroxylation is 2. The van der Waals surface area contributed by atoms with Gasteiger partial charge in [-0.3, -0.25) is 4.68 Å². The van der Waals surface area contributed by atoms with Gasteiger partial charge in [-0.05, 0) is 36.5 Å². The van der Waals surface area contributed by atoms with Crippen LogP contribution in [0.1, 0.15) is 29.2 Å². The summed E-state index contributed by atoms with van der Waals surface area (Å²) in [5, 5.41) is 7.94. The third-order valence-corrected chi connectivity index (χ3v) is 3.63. The molecule has 1 aromatic heterocycles. The Morgan fingerprint density at radius 2 is 2.28 bits per heavy atom. The van der Waals surface area contributed by atoms with Crippen LogP contribution in [0.4, 0.5) is 0 Å². The highest BCUT2D eigenvalue weighted by atomic mass is 15.3. The van der Waals surface area contributed by atoms with Crippen molar-refractivity contribution in [2.75, 3.05) is 6.54 Å². The predicted molar refractivity (Wildman–Crippen MR) is 72.5 cm³/mol. The molecule has 18 heavy (non-hydrogen) atoms. The van der Waals surface area contributed by atoms with E-state index in [2.05, 4.69) is 47.8 Å². The van der Waals surface area contributed by atoms with Crippen molar-refractivity contribution in [3.8, 4) is 0 Å². The quantitative estimate of drug-likeness (QED) is 0.891. The van der Waals surface area contributed by atoms with Gasteiger partial charge in [-0.25, -0.2) is 0 Å². The Morgan fingerprint density at radius 3 is 3.11 bits per heavy atom. The van der Waals surface area contributed by atoms with Crippen LogP contribution in [-0.2, 0) is 13.0 Å². The van der Waals surface area contributed by atoms with Crippen LogP contribution in [0.2, 0.25) is 0 Å². The largest absolute Gasteiger partial charge is 0.308 e. The molecule has 0 aliphatic heterocycles. The molecule has 1 atom stereocenters. The first-order valence-electron chi connectivity index (χ1n) is 6.63. The van der Waals surface area contributed by atoms with Crippen molar-refractivity contribution in [2.24, 2.45) is 0 Å². The van der Waals surface area contributed by atoms with Gasteiger partial charge in [-0.15, -0.1) is 0 Å². The highest BCUT2D eigenvalue weighted by Gasteiger charge is 2.20. The Morgan fingerprint density at radius 1 is 1.39 bits per heavy atom. The molecule has 1 N–H and O–H groups in total. The van der Waals surface area contributed by atoms with Gasteiger partial charge in [0, 0.05) is 18.8 Å². The zero-order valence-electron chi connectivity index (χ0n) is 10.8. The number of nitrogens with zero attached hydrogens (tertiary/aromatic N) is 2. The van der Waals surface area contributed by atoms with Crippen molar-refractivity contribution in [1.82, 2.24) is 15.1 Å². The molecule has 0 saturated carbocycles. The summed E-state index contributed by atoms with van der Waals surface area (Å²) in [6.07, 6.45) is 6.42. The number of aromatic nitrogens is 2. The summed E-state index contributed by atoms with van der Waals surface area (Å²) in [5.74, 6) is 0. The van der Waals surface area contributed by atoms with Crippen molar-refractivity contribution in [3.63, 3.8) is 0 Å². The molecular formula is C15H19N3. The number of fused-ring (bicyclic) bond motifs is 1. The Kier molecular flexibility index (Phi) is 3.15. The van der Waals surface area contributed by atoms with Crippen molar-refractivity contribution in [2.45, 2.75) is 32.4 Å². The van der Waals surface area contributed by atoms with Gasteiger partial charge in [-0.1, -0.05) is 24.3 Å². The van der Waals surface area contributed by atoms with E-state index in [0.717, 1.165) is 13.1 Å². The van der Waals surface area contributed by atoms with Crippen LogP contribution in [0.3, 0.4) is 0 Å². The van der Waals surface area contributed by atoms with E-state index in [4.69, 9.17) is 0 Å². The van der Waals surface area contributed by atoms with Crippen molar-refractivity contribution >= 4 is 0 Å². The number of hydrogen-bond acceptors (Lipinski definition) is 2. The van der Waals surface area contributed by atoms with Crippen LogP contribution < -0.4 is 5.32 Å². The lowest BCUT2D eigenvalue weighted by Crippen LogP contribution is -2.24. The minimum Gasteiger partial charge on any atom is -0.308 e. The van der Waals surface area contributed by atoms with Gasteiger partial charge in [0.1, 0.15) is 0 Å². The first-order valence-corrected chi connectivity index (χ1v) is 6.63. The highest BCUT2D eigenvalue weighted by molar-refractivity contribution is 5.34. The smallest absolute Gasteiger partial charge is 0.0534 e. The Hall–Kier alpha value is -1.61. The molecule has 1 aliphatic rings. The maximum Gasteiger partial charge on any atom is 0.0534 e. The average Bonchev–Trinajstić information content (AvgIpc) is 2.97. The van der Waals surface area contributed by atoms with Crippen LogP contribution in [0.25, 0.3) is 0 Å². The van der Waals surface area contributed by atoms with Crippen LogP contribution >= 0.6 is 0 Å². The van der Waals surface area contributed by atoms with E-state index < -0.39 is 0 Å². The van der Waals surface area contributed by atoms with Gasteiger partial charge >= 0.3 is 0 Å². The summed E-state index contributed by atoms with van der Waals surface area (Å²) >= 11 is 0. The topological polar surface area (TPSA) is 29.9 Å². The van der Waals surface area contributed by atoms with Crippen molar-refractivity contribution in [3.05, 3.63) is 53.3 Å². The second kappa shape index (κ2) is 4.94. The van der Waals surface area contributed by atoms with Crippen LogP contribution in [0.15, 0.2) is 36.7 Å². The van der Waals surface area contributed by atoms with E-state index in [1.807, 2.05) is 10.9 Å². The van der Waals surface area contributed by atoms with E-state index in [-0.39, 0.29) is 0 Å². The maximum atomic E-state index is 4.30. The SMILES string of the molecule is Cc1cnn(CCNC2CCc3ccccc32)c1. The molecule has 0 fully saturated rings. The molecule has 0 radical (unpaired) electrons. The third kappa shape index (κ3) is 2.31. The molecule has 94 valence electrons. The molecule has 1 heterocycles. The number of nitrogens with one attached hydrogen (secondary N) is 1. The Balaban J connectivity index is 1.56. The highest BCUT2D eigenvalue weighted by Crippen LogP contribution is 2.30. The van der Waals surface area contributed by atoms with E-state index in [9.17, 15) is 0 Å². The molecule has 3 nitrogen and oxygen atoms in total. The van der Waals surface area contributed by atoms with E-state index in [0.29, 0.717) is 6.04 Å². The summed E-state index contributed by atoms with van der Waals surface area (Å²) in [6, 6.07) is 9.29. The summed E-state index contributed by atoms with van der Waals surface area (Å²) < 4.78 is 2.00. The van der Waals surface area contributed by atoms with Gasteiger partial charge in [0.05, 0.1) is 12.7 Å². The molecule has 0 saturated heterocycles. The fourth-order valence-corrected chi connectivity index (χ4v) is 2.71. The summed E-state index contributed by atoms with van der Waals surface area (Å²) in [5.41, 5.74) is 4.21. The molecule has 3 rings (SSSR count). The zero-order valence-corrected chi connectivity index (χ0v) is 10.8. The molecule has 1 aromatic carbocycles. The molecular weight excluding hydrogens is 222 g/mol. The summed E-state index contributed by atoms with van der Waals surface area (Å²) in [7, 11) is 0. The van der Waals surface area contributed by atoms with Crippen molar-refractivity contribution in [1.29, 1.82) is 0 Å². The molecule has 3 heteroatoms. The zero-order chi connectivity index (χ0) is 12.4. The minimum absolute atomic E-state index is 0.526. The Labute approximate surface area is 108 Å². The van der Waals surface area contributed by atoms with Crippen LogP contribution in [0.5, 0.6) is 0 Å². The van der Waals surface area contributed by atoms with Crippen LogP contribution in [0, 0.1) is 6.92 Å². The molecule has 1 unspecified atom stereocenters. The maximum absolute atomic E-state index is 4.30. The van der Waals surface area contributed by atoms with Crippen LogP contribution in [-0.4, -0.2) is 16.3 Å². The van der Waals surface area contributed by atoms with E-state index >= 15 is 0 Å². The summed E-state index contributed by atoms with van der Waals surface area (Å²) in [6.45, 7) is 3.98. The molecule has 0 bridgehead atoms. The average molecular weight is 241 g/mol. The fraction of sp³-hybridized carbons (Fsp3) is 0.400. The van der Waals surface area contributed by atoms with Gasteiger partial charge in [0.25, 0.3) is 0 Å². The standard InChI is InChI=1S/C15H19N3/c1-12-10-17-18(11-12)9-8-16-15-7-6-13-4-2-3-5-14(13)15/h2-5,10-11,15-16H,6-9H2,1H3. The lowest BCUT2D eigenvalue weighted by Gasteiger charge is -2.13. The van der Waals surface area contributed by atoms with E-state index in [1.165, 1.54) is 29.5 Å². The summed E-state index contributed by atoms with van der Waals surface area (Å²) in [4.78, 5) is 0. The first-order chi connectivity index (χ1) is 8.83. The molecule has 1 aliphatic carbocycles. The monoisotopic (exact) mass is 241 g/mol. The lowest BCUT2D eigenvalue weighted by molar-refractivity contribution is 0.484. The van der Waals surface area contributed by atoms with Gasteiger partial charge in [0.15, 0.2) is 0 Å². The van der Waals surface area contributed by atoms with Crippen molar-refractivity contribution < 1.29 is 0 Å². The second-order valence-electron chi connectivity index (χ2n) is 5.02. The predicted octanol–water partition coefficient (Wildman–Crippen LogP) is 2.47. The first kappa shape index (κ1) is 11.5. The molecule has 0 spiro atoms. The number of hydrogen-bond donors (Lipinski definition) is 1. The molecule has 0 amide bonds. The van der Waals surface area contributed by atoms with Gasteiger partial charge in [-0.2, -0.15) is 5.10 Å². The second-order valence-corrected chi connectivity index (χ2v) is 5.02. The van der Waals surface area contributed by atoms with Gasteiger partial charge < -0.3 is 5.32 Å². The normalized spacial score (nSPS) is 17.9. The Bertz CT molecular complexity index is 530. The third-order valence-electron chi connectivity index (χ3n) is 3.63. The minimum atomic E-state index is 0.526.